The second-order valence-electron chi connectivity index (χ2n) is 4.18. The lowest BCUT2D eigenvalue weighted by Gasteiger charge is -2.25. The first-order valence-electron chi connectivity index (χ1n) is 5.66. The van der Waals surface area contributed by atoms with Gasteiger partial charge in [-0.05, 0) is 31.0 Å². The number of halogens is 1. The molecular formula is C14H16ClNO2. The van der Waals surface area contributed by atoms with Crippen LogP contribution in [0.3, 0.4) is 0 Å². The van der Waals surface area contributed by atoms with E-state index in [0.29, 0.717) is 11.6 Å². The van der Waals surface area contributed by atoms with Gasteiger partial charge in [0.15, 0.2) is 0 Å². The standard InChI is InChI=1S/C14H16ClNO2/c1-3-8-16(10-14(17)18)11(2)9-12-4-6-13(15)7-5-12/h1,4-7,11H,8-10H2,2H3,(H,17,18). The highest BCUT2D eigenvalue weighted by Gasteiger charge is 2.16. The highest BCUT2D eigenvalue weighted by molar-refractivity contribution is 6.30. The number of nitrogens with zero attached hydrogens (tertiary/aromatic N) is 1. The topological polar surface area (TPSA) is 40.5 Å². The summed E-state index contributed by atoms with van der Waals surface area (Å²) in [5.41, 5.74) is 1.11. The summed E-state index contributed by atoms with van der Waals surface area (Å²) < 4.78 is 0. The third-order valence-corrected chi connectivity index (χ3v) is 2.95. The average Bonchev–Trinajstić information content (AvgIpc) is 2.31. The van der Waals surface area contributed by atoms with Crippen molar-refractivity contribution < 1.29 is 9.90 Å². The van der Waals surface area contributed by atoms with Gasteiger partial charge in [0.25, 0.3) is 0 Å². The van der Waals surface area contributed by atoms with Crippen molar-refractivity contribution in [2.75, 3.05) is 13.1 Å². The molecule has 0 saturated heterocycles. The van der Waals surface area contributed by atoms with E-state index in [1.807, 2.05) is 31.2 Å². The van der Waals surface area contributed by atoms with Gasteiger partial charge in [-0.2, -0.15) is 0 Å². The van der Waals surface area contributed by atoms with E-state index in [1.165, 1.54) is 0 Å². The largest absolute Gasteiger partial charge is 0.480 e. The first-order valence-corrected chi connectivity index (χ1v) is 6.04. The molecule has 0 heterocycles. The molecular weight excluding hydrogens is 250 g/mol. The summed E-state index contributed by atoms with van der Waals surface area (Å²) in [6, 6.07) is 7.60. The Morgan fingerprint density at radius 1 is 1.50 bits per heavy atom. The Labute approximate surface area is 112 Å². The van der Waals surface area contributed by atoms with Crippen LogP contribution in [0.5, 0.6) is 0 Å². The number of rotatable bonds is 6. The number of carbonyl (C=O) groups is 1. The van der Waals surface area contributed by atoms with Gasteiger partial charge in [0.05, 0.1) is 13.1 Å². The SMILES string of the molecule is C#CCN(CC(=O)O)C(C)Cc1ccc(Cl)cc1. The van der Waals surface area contributed by atoms with Gasteiger partial charge in [0.1, 0.15) is 0 Å². The van der Waals surface area contributed by atoms with Crippen LogP contribution in [-0.2, 0) is 11.2 Å². The Balaban J connectivity index is 2.66. The summed E-state index contributed by atoms with van der Waals surface area (Å²) >= 11 is 5.81. The summed E-state index contributed by atoms with van der Waals surface area (Å²) in [7, 11) is 0. The van der Waals surface area contributed by atoms with E-state index in [4.69, 9.17) is 23.1 Å². The van der Waals surface area contributed by atoms with E-state index in [-0.39, 0.29) is 12.6 Å². The molecule has 0 bridgehead atoms. The quantitative estimate of drug-likeness (QED) is 0.803. The molecule has 0 aliphatic carbocycles. The Hall–Kier alpha value is -1.50. The van der Waals surface area contributed by atoms with Crippen LogP contribution >= 0.6 is 11.6 Å². The molecule has 1 aromatic rings. The second kappa shape index (κ2) is 7.05. The minimum absolute atomic E-state index is 0.0427. The Morgan fingerprint density at radius 2 is 2.11 bits per heavy atom. The maximum absolute atomic E-state index is 10.8. The molecule has 18 heavy (non-hydrogen) atoms. The third-order valence-electron chi connectivity index (χ3n) is 2.70. The van der Waals surface area contributed by atoms with E-state index < -0.39 is 5.97 Å². The van der Waals surface area contributed by atoms with Crippen molar-refractivity contribution in [3.8, 4) is 12.3 Å². The van der Waals surface area contributed by atoms with Crippen LogP contribution in [0.15, 0.2) is 24.3 Å². The maximum Gasteiger partial charge on any atom is 0.317 e. The van der Waals surface area contributed by atoms with Gasteiger partial charge in [0, 0.05) is 11.1 Å². The van der Waals surface area contributed by atoms with E-state index in [0.717, 1.165) is 12.0 Å². The van der Waals surface area contributed by atoms with E-state index in [2.05, 4.69) is 5.92 Å². The fraction of sp³-hybridized carbons (Fsp3) is 0.357. The monoisotopic (exact) mass is 265 g/mol. The van der Waals surface area contributed by atoms with Gasteiger partial charge in [-0.15, -0.1) is 6.42 Å². The average molecular weight is 266 g/mol. The Kier molecular flexibility index (Phi) is 5.70. The third kappa shape index (κ3) is 4.79. The summed E-state index contributed by atoms with van der Waals surface area (Å²) in [4.78, 5) is 12.5. The molecule has 0 aliphatic heterocycles. The van der Waals surface area contributed by atoms with Gasteiger partial charge in [-0.3, -0.25) is 9.69 Å². The molecule has 1 N–H and O–H groups in total. The van der Waals surface area contributed by atoms with Crippen molar-refractivity contribution >= 4 is 17.6 Å². The molecule has 4 heteroatoms. The van der Waals surface area contributed by atoms with Gasteiger partial charge >= 0.3 is 5.97 Å². The molecule has 0 radical (unpaired) electrons. The van der Waals surface area contributed by atoms with Crippen LogP contribution in [0.1, 0.15) is 12.5 Å². The highest BCUT2D eigenvalue weighted by Crippen LogP contribution is 2.13. The Morgan fingerprint density at radius 3 is 2.61 bits per heavy atom. The number of benzene rings is 1. The van der Waals surface area contributed by atoms with Crippen LogP contribution in [0, 0.1) is 12.3 Å². The van der Waals surface area contributed by atoms with E-state index >= 15 is 0 Å². The van der Waals surface area contributed by atoms with Crippen molar-refractivity contribution in [3.05, 3.63) is 34.9 Å². The normalized spacial score (nSPS) is 12.1. The molecule has 0 amide bonds. The van der Waals surface area contributed by atoms with Crippen molar-refractivity contribution in [2.24, 2.45) is 0 Å². The lowest BCUT2D eigenvalue weighted by Crippen LogP contribution is -2.38. The fourth-order valence-corrected chi connectivity index (χ4v) is 1.88. The number of hydrogen-bond acceptors (Lipinski definition) is 2. The fourth-order valence-electron chi connectivity index (χ4n) is 1.75. The zero-order valence-electron chi connectivity index (χ0n) is 10.3. The van der Waals surface area contributed by atoms with Crippen molar-refractivity contribution in [1.29, 1.82) is 0 Å². The van der Waals surface area contributed by atoms with Crippen LogP contribution < -0.4 is 0 Å². The summed E-state index contributed by atoms with van der Waals surface area (Å²) in [5, 5.41) is 9.53. The Bertz CT molecular complexity index is 436. The van der Waals surface area contributed by atoms with Crippen molar-refractivity contribution in [2.45, 2.75) is 19.4 Å². The molecule has 1 aromatic carbocycles. The molecule has 1 unspecified atom stereocenters. The molecule has 0 aliphatic rings. The summed E-state index contributed by atoms with van der Waals surface area (Å²) in [6.07, 6.45) is 6.00. The number of carboxylic acid groups (broad SMARTS) is 1. The number of carboxylic acids is 1. The van der Waals surface area contributed by atoms with Gasteiger partial charge in [-0.25, -0.2) is 0 Å². The second-order valence-corrected chi connectivity index (χ2v) is 4.62. The smallest absolute Gasteiger partial charge is 0.317 e. The van der Waals surface area contributed by atoms with E-state index in [9.17, 15) is 4.79 Å². The summed E-state index contributed by atoms with van der Waals surface area (Å²) in [5.74, 6) is 1.62. The molecule has 0 fully saturated rings. The molecule has 3 nitrogen and oxygen atoms in total. The first-order chi connectivity index (χ1) is 8.52. The molecule has 0 aromatic heterocycles. The predicted octanol–water partition coefficient (Wildman–Crippen LogP) is 2.29. The van der Waals surface area contributed by atoms with Gasteiger partial charge in [-0.1, -0.05) is 29.7 Å². The summed E-state index contributed by atoms with van der Waals surface area (Å²) in [6.45, 7) is 2.26. The molecule has 96 valence electrons. The van der Waals surface area contributed by atoms with Gasteiger partial charge < -0.3 is 5.11 Å². The highest BCUT2D eigenvalue weighted by atomic mass is 35.5. The molecule has 1 atom stereocenters. The molecule has 1 rings (SSSR count). The van der Waals surface area contributed by atoms with Crippen LogP contribution in [0.2, 0.25) is 5.02 Å². The van der Waals surface area contributed by atoms with Crippen LogP contribution in [0.4, 0.5) is 0 Å². The molecule has 0 saturated carbocycles. The van der Waals surface area contributed by atoms with Crippen LogP contribution in [0.25, 0.3) is 0 Å². The lowest BCUT2D eigenvalue weighted by molar-refractivity contribution is -0.138. The van der Waals surface area contributed by atoms with E-state index in [1.54, 1.807) is 4.90 Å². The van der Waals surface area contributed by atoms with Crippen LogP contribution in [-0.4, -0.2) is 35.1 Å². The minimum atomic E-state index is -0.867. The van der Waals surface area contributed by atoms with Crippen molar-refractivity contribution in [3.63, 3.8) is 0 Å². The zero-order chi connectivity index (χ0) is 13.5. The number of hydrogen-bond donors (Lipinski definition) is 1. The first kappa shape index (κ1) is 14.6. The van der Waals surface area contributed by atoms with Crippen molar-refractivity contribution in [1.82, 2.24) is 4.90 Å². The lowest BCUT2D eigenvalue weighted by atomic mass is 10.1. The predicted molar refractivity (Wildman–Crippen MR) is 72.7 cm³/mol. The zero-order valence-corrected chi connectivity index (χ0v) is 11.0. The number of terminal acetylenes is 1. The molecule has 0 spiro atoms. The minimum Gasteiger partial charge on any atom is -0.480 e. The van der Waals surface area contributed by atoms with Gasteiger partial charge in [0.2, 0.25) is 0 Å². The maximum atomic E-state index is 10.8. The number of aliphatic carboxylic acids is 1.